The molecular weight excluding hydrogens is 361 g/mol. The molecule has 0 aliphatic carbocycles. The molecule has 1 amide bonds. The van der Waals surface area contributed by atoms with E-state index >= 15 is 0 Å². The Balaban J connectivity index is 1.65. The highest BCUT2D eigenvalue weighted by atomic mass is 35.5. The first-order valence-corrected chi connectivity index (χ1v) is 9.09. The number of ether oxygens (including phenoxy) is 1. The van der Waals surface area contributed by atoms with Crippen molar-refractivity contribution in [3.8, 4) is 0 Å². The van der Waals surface area contributed by atoms with Gasteiger partial charge in [-0.1, -0.05) is 29.4 Å². The fraction of sp³-hybridized carbons (Fsp3) is 0.211. The maximum absolute atomic E-state index is 13.0. The minimum atomic E-state index is -0.257. The number of nitrogens with zero attached hydrogens (tertiary/aromatic N) is 1. The third-order valence-corrected chi connectivity index (χ3v) is 5.07. The van der Waals surface area contributed by atoms with E-state index in [9.17, 15) is 9.18 Å². The molecule has 1 heterocycles. The summed E-state index contributed by atoms with van der Waals surface area (Å²) < 4.78 is 18.2. The van der Waals surface area contributed by atoms with E-state index in [0.29, 0.717) is 31.3 Å². The van der Waals surface area contributed by atoms with Crippen LogP contribution in [0, 0.1) is 5.82 Å². The van der Waals surface area contributed by atoms with E-state index in [2.05, 4.69) is 0 Å². The summed E-state index contributed by atoms with van der Waals surface area (Å²) in [5.74, 6) is -0.295. The number of rotatable bonds is 4. The van der Waals surface area contributed by atoms with Crippen molar-refractivity contribution < 1.29 is 13.9 Å². The summed E-state index contributed by atoms with van der Waals surface area (Å²) in [6.07, 6.45) is 3.27. The molecule has 2 aromatic rings. The fourth-order valence-electron chi connectivity index (χ4n) is 2.40. The van der Waals surface area contributed by atoms with Crippen molar-refractivity contribution in [2.24, 2.45) is 0 Å². The van der Waals surface area contributed by atoms with E-state index < -0.39 is 0 Å². The number of carbonyl (C=O) groups is 1. The highest BCUT2D eigenvalue weighted by molar-refractivity contribution is 7.99. The predicted octanol–water partition coefficient (Wildman–Crippen LogP) is 4.50. The summed E-state index contributed by atoms with van der Waals surface area (Å²) in [5, 5.41) is 0.568. The second-order valence-corrected chi connectivity index (χ2v) is 7.06. The average Bonchev–Trinajstić information content (AvgIpc) is 2.63. The molecule has 130 valence electrons. The summed E-state index contributed by atoms with van der Waals surface area (Å²) in [7, 11) is 0. The van der Waals surface area contributed by atoms with Gasteiger partial charge in [-0.3, -0.25) is 4.79 Å². The van der Waals surface area contributed by atoms with Gasteiger partial charge in [-0.15, -0.1) is 0 Å². The van der Waals surface area contributed by atoms with Gasteiger partial charge in [0, 0.05) is 34.0 Å². The van der Waals surface area contributed by atoms with Gasteiger partial charge in [0.25, 0.3) is 0 Å². The van der Waals surface area contributed by atoms with Gasteiger partial charge in [0.1, 0.15) is 5.82 Å². The molecule has 0 unspecified atom stereocenters. The predicted molar refractivity (Wildman–Crippen MR) is 98.4 cm³/mol. The second-order valence-electron chi connectivity index (χ2n) is 5.51. The molecule has 0 radical (unpaired) electrons. The van der Waals surface area contributed by atoms with E-state index in [-0.39, 0.29) is 11.7 Å². The van der Waals surface area contributed by atoms with Gasteiger partial charge in [-0.2, -0.15) is 0 Å². The Kier molecular flexibility index (Phi) is 6.13. The zero-order valence-electron chi connectivity index (χ0n) is 13.5. The number of morpholine rings is 1. The van der Waals surface area contributed by atoms with Gasteiger partial charge in [0.15, 0.2) is 0 Å². The number of hydrogen-bond acceptors (Lipinski definition) is 3. The van der Waals surface area contributed by atoms with Crippen molar-refractivity contribution in [1.29, 1.82) is 0 Å². The third-order valence-electron chi connectivity index (χ3n) is 3.75. The lowest BCUT2D eigenvalue weighted by atomic mass is 10.2. The van der Waals surface area contributed by atoms with Crippen molar-refractivity contribution >= 4 is 35.3 Å². The molecule has 0 bridgehead atoms. The summed E-state index contributed by atoms with van der Waals surface area (Å²) in [4.78, 5) is 15.8. The van der Waals surface area contributed by atoms with Crippen LogP contribution in [0.5, 0.6) is 0 Å². The Bertz CT molecular complexity index is 773. The standard InChI is InChI=1S/C19H17ClFNO2S/c20-18-13-17(25-16-6-3-15(21)4-7-16)5-1-14(18)2-8-19(23)22-9-11-24-12-10-22/h1-8,13H,9-12H2. The van der Waals surface area contributed by atoms with Crippen LogP contribution < -0.4 is 0 Å². The molecule has 1 aliphatic rings. The third kappa shape index (κ3) is 5.08. The van der Waals surface area contributed by atoms with Gasteiger partial charge < -0.3 is 9.64 Å². The first-order valence-electron chi connectivity index (χ1n) is 7.89. The maximum atomic E-state index is 13.0. The van der Waals surface area contributed by atoms with Crippen molar-refractivity contribution in [3.63, 3.8) is 0 Å². The molecule has 0 aromatic heterocycles. The number of amides is 1. The van der Waals surface area contributed by atoms with Crippen LogP contribution in [0.15, 0.2) is 58.3 Å². The Morgan fingerprint density at radius 2 is 1.80 bits per heavy atom. The van der Waals surface area contributed by atoms with E-state index in [1.54, 1.807) is 29.2 Å². The molecule has 25 heavy (non-hydrogen) atoms. The van der Waals surface area contributed by atoms with Crippen LogP contribution in [0.3, 0.4) is 0 Å². The minimum absolute atomic E-state index is 0.0378. The van der Waals surface area contributed by atoms with Gasteiger partial charge in [0.05, 0.1) is 13.2 Å². The van der Waals surface area contributed by atoms with Crippen molar-refractivity contribution in [2.75, 3.05) is 26.3 Å². The Hall–Kier alpha value is -1.82. The molecule has 3 rings (SSSR count). The van der Waals surface area contributed by atoms with Crippen molar-refractivity contribution in [2.45, 2.75) is 9.79 Å². The molecule has 1 fully saturated rings. The van der Waals surface area contributed by atoms with E-state index in [4.69, 9.17) is 16.3 Å². The van der Waals surface area contributed by atoms with Crippen LogP contribution in [0.2, 0.25) is 5.02 Å². The molecular formula is C19H17ClFNO2S. The minimum Gasteiger partial charge on any atom is -0.378 e. The average molecular weight is 378 g/mol. The number of benzene rings is 2. The Morgan fingerprint density at radius 3 is 2.48 bits per heavy atom. The van der Waals surface area contributed by atoms with Crippen LogP contribution in [0.4, 0.5) is 4.39 Å². The molecule has 1 aliphatic heterocycles. The fourth-order valence-corrected chi connectivity index (χ4v) is 3.56. The van der Waals surface area contributed by atoms with Gasteiger partial charge in [0.2, 0.25) is 5.91 Å². The van der Waals surface area contributed by atoms with Crippen LogP contribution in [0.1, 0.15) is 5.56 Å². The number of hydrogen-bond donors (Lipinski definition) is 0. The first kappa shape index (κ1) is 18.0. The lowest BCUT2D eigenvalue weighted by molar-refractivity contribution is -0.129. The van der Waals surface area contributed by atoms with E-state index in [1.807, 2.05) is 18.2 Å². The largest absolute Gasteiger partial charge is 0.378 e. The van der Waals surface area contributed by atoms with Crippen LogP contribution in [-0.4, -0.2) is 37.1 Å². The van der Waals surface area contributed by atoms with Crippen LogP contribution in [-0.2, 0) is 9.53 Å². The Labute approximate surface area is 155 Å². The molecule has 0 atom stereocenters. The zero-order chi connectivity index (χ0) is 17.6. The molecule has 0 N–H and O–H groups in total. The van der Waals surface area contributed by atoms with Crippen LogP contribution in [0.25, 0.3) is 6.08 Å². The van der Waals surface area contributed by atoms with Crippen molar-refractivity contribution in [1.82, 2.24) is 4.90 Å². The maximum Gasteiger partial charge on any atom is 0.246 e. The number of halogens is 2. The van der Waals surface area contributed by atoms with E-state index in [0.717, 1.165) is 15.4 Å². The molecule has 0 saturated carbocycles. The summed E-state index contributed by atoms with van der Waals surface area (Å²) >= 11 is 7.82. The molecule has 1 saturated heterocycles. The highest BCUT2D eigenvalue weighted by Crippen LogP contribution is 2.31. The van der Waals surface area contributed by atoms with Gasteiger partial charge in [-0.05, 0) is 48.0 Å². The molecule has 3 nitrogen and oxygen atoms in total. The SMILES string of the molecule is O=C(C=Cc1ccc(Sc2ccc(F)cc2)cc1Cl)N1CCOCC1. The Morgan fingerprint density at radius 1 is 1.12 bits per heavy atom. The smallest absolute Gasteiger partial charge is 0.246 e. The summed E-state index contributed by atoms with van der Waals surface area (Å²) in [6, 6.07) is 12.0. The lowest BCUT2D eigenvalue weighted by Crippen LogP contribution is -2.39. The quantitative estimate of drug-likeness (QED) is 0.734. The number of carbonyl (C=O) groups excluding carboxylic acids is 1. The topological polar surface area (TPSA) is 29.5 Å². The normalized spacial score (nSPS) is 14.9. The van der Waals surface area contributed by atoms with Gasteiger partial charge in [-0.25, -0.2) is 4.39 Å². The van der Waals surface area contributed by atoms with Gasteiger partial charge >= 0.3 is 0 Å². The summed E-state index contributed by atoms with van der Waals surface area (Å²) in [6.45, 7) is 2.39. The molecule has 6 heteroatoms. The van der Waals surface area contributed by atoms with Crippen LogP contribution >= 0.6 is 23.4 Å². The second kappa shape index (κ2) is 8.52. The molecule has 0 spiro atoms. The monoisotopic (exact) mass is 377 g/mol. The molecule has 2 aromatic carbocycles. The zero-order valence-corrected chi connectivity index (χ0v) is 15.0. The highest BCUT2D eigenvalue weighted by Gasteiger charge is 2.14. The van der Waals surface area contributed by atoms with E-state index in [1.165, 1.54) is 23.9 Å². The summed E-state index contributed by atoms with van der Waals surface area (Å²) in [5.41, 5.74) is 0.784. The lowest BCUT2D eigenvalue weighted by Gasteiger charge is -2.25. The first-order chi connectivity index (χ1) is 12.1. The van der Waals surface area contributed by atoms with Crippen molar-refractivity contribution in [3.05, 3.63) is 64.9 Å².